The summed E-state index contributed by atoms with van der Waals surface area (Å²) in [7, 11) is 0. The van der Waals surface area contributed by atoms with Gasteiger partial charge in [0.25, 0.3) is 0 Å². The molecule has 0 saturated carbocycles. The maximum atomic E-state index is 12.1. The first-order chi connectivity index (χ1) is 13.5. The second-order valence-electron chi connectivity index (χ2n) is 7.83. The first-order valence-electron chi connectivity index (χ1n) is 9.51. The van der Waals surface area contributed by atoms with Crippen LogP contribution in [0.4, 0.5) is 5.69 Å². The van der Waals surface area contributed by atoms with Crippen molar-refractivity contribution in [2.45, 2.75) is 12.1 Å². The van der Waals surface area contributed by atoms with E-state index in [0.29, 0.717) is 31.4 Å². The van der Waals surface area contributed by atoms with Crippen LogP contribution in [0.2, 0.25) is 0 Å². The zero-order valence-corrected chi connectivity index (χ0v) is 16.5. The number of nitro groups is 1. The summed E-state index contributed by atoms with van der Waals surface area (Å²) in [5.41, 5.74) is 1.15. The van der Waals surface area contributed by atoms with Crippen molar-refractivity contribution in [1.29, 1.82) is 0 Å². The molecule has 2 aliphatic heterocycles. The standard InChI is InChI=1S/C20H23N5O2S/c26-25(27)20-12-22(11-17-7-3-1-4-8-17)15-23(13-20)16-24(14-20)19(28)21-18-9-5-2-6-10-18/h1-10H,11-16H2,(H,21,28)/p+2/t20-/m0/s1. The van der Waals surface area contributed by atoms with Crippen LogP contribution in [0.15, 0.2) is 60.7 Å². The number of thiocarbonyl (C=S) groups is 1. The first-order valence-corrected chi connectivity index (χ1v) is 9.91. The smallest absolute Gasteiger partial charge is 0.332 e. The van der Waals surface area contributed by atoms with Crippen LogP contribution < -0.4 is 15.1 Å². The molecule has 2 unspecified atom stereocenters. The Morgan fingerprint density at radius 2 is 1.82 bits per heavy atom. The molecule has 0 amide bonds. The summed E-state index contributed by atoms with van der Waals surface area (Å²) in [6.45, 7) is 3.78. The average molecular weight is 400 g/mol. The summed E-state index contributed by atoms with van der Waals surface area (Å²) in [6.07, 6.45) is 0. The van der Waals surface area contributed by atoms with Crippen molar-refractivity contribution in [3.63, 3.8) is 0 Å². The Morgan fingerprint density at radius 3 is 2.50 bits per heavy atom. The van der Waals surface area contributed by atoms with E-state index in [2.05, 4.69) is 17.4 Å². The molecule has 2 saturated heterocycles. The van der Waals surface area contributed by atoms with Crippen molar-refractivity contribution in [3.05, 3.63) is 76.3 Å². The van der Waals surface area contributed by atoms with E-state index in [-0.39, 0.29) is 4.92 Å². The van der Waals surface area contributed by atoms with E-state index in [0.717, 1.165) is 18.9 Å². The van der Waals surface area contributed by atoms with E-state index >= 15 is 0 Å². The minimum atomic E-state index is -0.974. The zero-order chi connectivity index (χ0) is 19.6. The fraction of sp³-hybridized carbons (Fsp3) is 0.350. The van der Waals surface area contributed by atoms with Crippen LogP contribution in [-0.4, -0.2) is 53.4 Å². The largest absolute Gasteiger partial charge is 0.334 e. The number of nitrogens with zero attached hydrogens (tertiary/aromatic N) is 2. The lowest BCUT2D eigenvalue weighted by molar-refractivity contribution is -1.13. The molecule has 2 heterocycles. The van der Waals surface area contributed by atoms with E-state index in [1.54, 1.807) is 0 Å². The van der Waals surface area contributed by atoms with Crippen LogP contribution in [-0.2, 0) is 6.54 Å². The molecule has 28 heavy (non-hydrogen) atoms. The molecule has 146 valence electrons. The number of quaternary nitrogens is 2. The second kappa shape index (κ2) is 7.83. The zero-order valence-electron chi connectivity index (χ0n) is 15.6. The molecule has 0 radical (unpaired) electrons. The molecule has 0 aromatic heterocycles. The average Bonchev–Trinajstić information content (AvgIpc) is 2.68. The van der Waals surface area contributed by atoms with E-state index in [4.69, 9.17) is 12.2 Å². The Hall–Kier alpha value is -2.55. The van der Waals surface area contributed by atoms with Gasteiger partial charge in [0.1, 0.15) is 13.1 Å². The molecule has 7 nitrogen and oxygen atoms in total. The summed E-state index contributed by atoms with van der Waals surface area (Å²) in [5, 5.41) is 15.9. The van der Waals surface area contributed by atoms with Gasteiger partial charge in [0.15, 0.2) is 24.9 Å². The van der Waals surface area contributed by atoms with Gasteiger partial charge in [0.05, 0.1) is 0 Å². The van der Waals surface area contributed by atoms with Crippen LogP contribution in [0.1, 0.15) is 5.56 Å². The summed E-state index contributed by atoms with van der Waals surface area (Å²) in [5.74, 6) is 0. The van der Waals surface area contributed by atoms with Crippen molar-refractivity contribution in [3.8, 4) is 0 Å². The lowest BCUT2D eigenvalue weighted by Crippen LogP contribution is -3.37. The minimum absolute atomic E-state index is 0.0750. The molecule has 3 N–H and O–H groups in total. The third-order valence-electron chi connectivity index (χ3n) is 5.55. The van der Waals surface area contributed by atoms with Crippen LogP contribution in [0.5, 0.6) is 0 Å². The van der Waals surface area contributed by atoms with Crippen molar-refractivity contribution >= 4 is 23.0 Å². The lowest BCUT2D eigenvalue weighted by atomic mass is 9.93. The normalized spacial score (nSPS) is 26.5. The first kappa shape index (κ1) is 18.8. The highest BCUT2D eigenvalue weighted by Gasteiger charge is 2.59. The van der Waals surface area contributed by atoms with Gasteiger partial charge in [-0.05, 0) is 24.4 Å². The number of para-hydroxylation sites is 1. The van der Waals surface area contributed by atoms with Crippen LogP contribution in [0, 0.1) is 10.1 Å². The number of nitrogens with one attached hydrogen (secondary N) is 3. The molecule has 0 spiro atoms. The van der Waals surface area contributed by atoms with Gasteiger partial charge in [-0.1, -0.05) is 48.5 Å². The SMILES string of the molecule is O=[N+]([O-])[C@@]12CN(C(=S)Nc3ccccc3)C[NH+](C[NH+](Cc3ccccc3)C1)C2. The molecule has 2 aromatic carbocycles. The Morgan fingerprint density at radius 1 is 1.14 bits per heavy atom. The van der Waals surface area contributed by atoms with Gasteiger partial charge in [-0.15, -0.1) is 0 Å². The molecule has 8 heteroatoms. The van der Waals surface area contributed by atoms with Crippen LogP contribution in [0.25, 0.3) is 0 Å². The van der Waals surface area contributed by atoms with E-state index < -0.39 is 5.54 Å². The van der Waals surface area contributed by atoms with Crippen molar-refractivity contribution in [1.82, 2.24) is 4.90 Å². The van der Waals surface area contributed by atoms with Crippen molar-refractivity contribution in [2.75, 3.05) is 38.3 Å². The van der Waals surface area contributed by atoms with Gasteiger partial charge in [-0.3, -0.25) is 24.8 Å². The van der Waals surface area contributed by atoms with Gasteiger partial charge >= 0.3 is 5.54 Å². The quantitative estimate of drug-likeness (QED) is 0.371. The Balaban J connectivity index is 1.48. The molecule has 2 fully saturated rings. The fourth-order valence-corrected chi connectivity index (χ4v) is 4.69. The molecule has 0 aliphatic carbocycles. The maximum absolute atomic E-state index is 12.1. The van der Waals surface area contributed by atoms with E-state index in [9.17, 15) is 10.1 Å². The highest BCUT2D eigenvalue weighted by atomic mass is 32.1. The number of rotatable bonds is 4. The minimum Gasteiger partial charge on any atom is -0.332 e. The lowest BCUT2D eigenvalue weighted by Gasteiger charge is -2.45. The predicted octanol–water partition coefficient (Wildman–Crippen LogP) is -0.387. The van der Waals surface area contributed by atoms with Crippen LogP contribution >= 0.6 is 12.2 Å². The maximum Gasteiger partial charge on any atom is 0.334 e. The van der Waals surface area contributed by atoms with Gasteiger partial charge in [0.2, 0.25) is 6.67 Å². The number of benzene rings is 2. The van der Waals surface area contributed by atoms with Gasteiger partial charge in [-0.25, -0.2) is 0 Å². The van der Waals surface area contributed by atoms with Gasteiger partial charge in [-0.2, -0.15) is 0 Å². The second-order valence-corrected chi connectivity index (χ2v) is 8.21. The third-order valence-corrected chi connectivity index (χ3v) is 5.91. The molecule has 2 aromatic rings. The van der Waals surface area contributed by atoms with Gasteiger partial charge in [0, 0.05) is 16.2 Å². The van der Waals surface area contributed by atoms with Crippen LogP contribution in [0.3, 0.4) is 0 Å². The highest BCUT2D eigenvalue weighted by molar-refractivity contribution is 7.80. The molecular weight excluding hydrogens is 374 g/mol. The molecule has 4 rings (SSSR count). The van der Waals surface area contributed by atoms with Crippen molar-refractivity contribution < 1.29 is 14.7 Å². The number of hydrogen-bond acceptors (Lipinski definition) is 3. The van der Waals surface area contributed by atoms with Crippen molar-refractivity contribution in [2.24, 2.45) is 0 Å². The Labute approximate surface area is 169 Å². The number of hydrogen-bond donors (Lipinski definition) is 3. The topological polar surface area (TPSA) is 67.3 Å². The monoisotopic (exact) mass is 399 g/mol. The summed E-state index contributed by atoms with van der Waals surface area (Å²) in [6, 6.07) is 19.9. The highest BCUT2D eigenvalue weighted by Crippen LogP contribution is 2.15. The molecule has 2 aliphatic rings. The molecule has 2 bridgehead atoms. The van der Waals surface area contributed by atoms with Gasteiger partial charge < -0.3 is 5.32 Å². The third kappa shape index (κ3) is 3.99. The molecule has 3 atom stereocenters. The predicted molar refractivity (Wildman–Crippen MR) is 111 cm³/mol. The fourth-order valence-electron chi connectivity index (χ4n) is 4.44. The Kier molecular flexibility index (Phi) is 5.25. The summed E-state index contributed by atoms with van der Waals surface area (Å²) in [4.78, 5) is 16.4. The Bertz CT molecular complexity index is 850. The van der Waals surface area contributed by atoms with E-state index in [1.165, 1.54) is 15.4 Å². The summed E-state index contributed by atoms with van der Waals surface area (Å²) >= 11 is 5.58. The number of anilines is 1. The number of fused-ring (bicyclic) bond motifs is 2. The summed E-state index contributed by atoms with van der Waals surface area (Å²) < 4.78 is 0. The molecular formula is C20H25N5O2S+2. The van der Waals surface area contributed by atoms with E-state index in [1.807, 2.05) is 53.4 Å².